The van der Waals surface area contributed by atoms with Crippen molar-refractivity contribution in [2.75, 3.05) is 26.3 Å². The molecule has 25 heavy (non-hydrogen) atoms. The molecule has 5 heteroatoms. The van der Waals surface area contributed by atoms with E-state index >= 15 is 0 Å². The fourth-order valence-electron chi connectivity index (χ4n) is 3.30. The molecule has 1 saturated heterocycles. The van der Waals surface area contributed by atoms with E-state index in [0.29, 0.717) is 30.6 Å². The topological polar surface area (TPSA) is 56.8 Å². The molecule has 0 atom stereocenters. The second kappa shape index (κ2) is 9.09. The van der Waals surface area contributed by atoms with E-state index in [4.69, 9.17) is 14.2 Å². The monoisotopic (exact) mass is 349 g/mol. The highest BCUT2D eigenvalue weighted by Gasteiger charge is 2.34. The minimum atomic E-state index is -0.437. The van der Waals surface area contributed by atoms with Gasteiger partial charge in [-0.2, -0.15) is 0 Å². The maximum Gasteiger partial charge on any atom is 0.310 e. The average Bonchev–Trinajstić information content (AvgIpc) is 2.58. The van der Waals surface area contributed by atoms with Gasteiger partial charge in [0, 0.05) is 5.92 Å². The van der Waals surface area contributed by atoms with Crippen LogP contribution in [0.4, 0.5) is 0 Å². The lowest BCUT2D eigenvalue weighted by molar-refractivity contribution is -0.161. The van der Waals surface area contributed by atoms with Crippen LogP contribution < -0.4 is 14.8 Å². The Morgan fingerprint density at radius 3 is 2.40 bits per heavy atom. The van der Waals surface area contributed by atoms with Gasteiger partial charge in [-0.25, -0.2) is 0 Å². The Labute approximate surface area is 151 Å². The summed E-state index contributed by atoms with van der Waals surface area (Å²) in [6.45, 7) is 11.0. The molecule has 1 aromatic carbocycles. The summed E-state index contributed by atoms with van der Waals surface area (Å²) in [5.41, 5.74) is 0.436. The second-order valence-corrected chi connectivity index (χ2v) is 6.93. The Hall–Kier alpha value is -1.75. The van der Waals surface area contributed by atoms with E-state index in [1.165, 1.54) is 0 Å². The smallest absolute Gasteiger partial charge is 0.310 e. The molecule has 0 saturated carbocycles. The number of carbonyl (C=O) groups is 1. The van der Waals surface area contributed by atoms with Gasteiger partial charge >= 0.3 is 5.97 Å². The van der Waals surface area contributed by atoms with Crippen molar-refractivity contribution >= 4 is 5.97 Å². The molecule has 1 aliphatic heterocycles. The predicted octanol–water partition coefficient (Wildman–Crippen LogP) is 3.35. The number of piperidine rings is 1. The molecule has 0 bridgehead atoms. The van der Waals surface area contributed by atoms with Crippen LogP contribution in [0.1, 0.15) is 46.1 Å². The lowest BCUT2D eigenvalue weighted by Gasteiger charge is -2.36. The number of nitrogens with one attached hydrogen (secondary N) is 1. The van der Waals surface area contributed by atoms with Gasteiger partial charge in [0.05, 0.1) is 19.6 Å². The van der Waals surface area contributed by atoms with Crippen molar-refractivity contribution in [3.05, 3.63) is 23.8 Å². The highest BCUT2D eigenvalue weighted by atomic mass is 16.6. The van der Waals surface area contributed by atoms with Gasteiger partial charge in [0.1, 0.15) is 5.60 Å². The number of ether oxygens (including phenoxy) is 3. The first-order valence-electron chi connectivity index (χ1n) is 9.27. The molecule has 1 heterocycles. The van der Waals surface area contributed by atoms with E-state index in [1.807, 2.05) is 45.9 Å². The van der Waals surface area contributed by atoms with Gasteiger partial charge in [-0.15, -0.1) is 0 Å². The van der Waals surface area contributed by atoms with Gasteiger partial charge < -0.3 is 19.5 Å². The molecule has 0 unspecified atom stereocenters. The van der Waals surface area contributed by atoms with Gasteiger partial charge in [0.15, 0.2) is 11.5 Å². The SMILES string of the molecule is CCOc1ccc(CC(=O)OC(C)(C)C2CCNCC2)cc1OCC. The van der Waals surface area contributed by atoms with E-state index in [2.05, 4.69) is 5.32 Å². The van der Waals surface area contributed by atoms with Crippen molar-refractivity contribution in [2.45, 2.75) is 52.6 Å². The number of hydrogen-bond acceptors (Lipinski definition) is 5. The van der Waals surface area contributed by atoms with Gasteiger partial charge in [-0.05, 0) is 71.3 Å². The first-order valence-corrected chi connectivity index (χ1v) is 9.27. The summed E-state index contributed by atoms with van der Waals surface area (Å²) in [6, 6.07) is 5.62. The van der Waals surface area contributed by atoms with Crippen molar-refractivity contribution in [3.8, 4) is 11.5 Å². The minimum Gasteiger partial charge on any atom is -0.490 e. The van der Waals surface area contributed by atoms with Crippen molar-refractivity contribution in [2.24, 2.45) is 5.92 Å². The summed E-state index contributed by atoms with van der Waals surface area (Å²) in [7, 11) is 0. The van der Waals surface area contributed by atoms with Crippen LogP contribution in [0.15, 0.2) is 18.2 Å². The zero-order valence-electron chi connectivity index (χ0n) is 15.9. The van der Waals surface area contributed by atoms with Crippen molar-refractivity contribution < 1.29 is 19.0 Å². The molecule has 2 rings (SSSR count). The molecule has 0 amide bonds. The maximum absolute atomic E-state index is 12.4. The van der Waals surface area contributed by atoms with E-state index < -0.39 is 5.60 Å². The van der Waals surface area contributed by atoms with Crippen molar-refractivity contribution in [3.63, 3.8) is 0 Å². The highest BCUT2D eigenvalue weighted by Crippen LogP contribution is 2.31. The van der Waals surface area contributed by atoms with Crippen LogP contribution in [0.25, 0.3) is 0 Å². The maximum atomic E-state index is 12.4. The normalized spacial score (nSPS) is 15.7. The Kier molecular flexibility index (Phi) is 7.12. The Morgan fingerprint density at radius 1 is 1.12 bits per heavy atom. The highest BCUT2D eigenvalue weighted by molar-refractivity contribution is 5.73. The fraction of sp³-hybridized carbons (Fsp3) is 0.650. The standard InChI is InChI=1S/C20H31NO4/c1-5-23-17-8-7-15(13-18(17)24-6-2)14-19(22)25-20(3,4)16-9-11-21-12-10-16/h7-8,13,16,21H,5-6,9-12,14H2,1-4H3. The van der Waals surface area contributed by atoms with Gasteiger partial charge in [0.25, 0.3) is 0 Å². The molecule has 1 N–H and O–H groups in total. The number of benzene rings is 1. The fourth-order valence-corrected chi connectivity index (χ4v) is 3.30. The lowest BCUT2D eigenvalue weighted by atomic mass is 9.83. The summed E-state index contributed by atoms with van der Waals surface area (Å²) in [4.78, 5) is 12.4. The molecule has 140 valence electrons. The summed E-state index contributed by atoms with van der Waals surface area (Å²) in [5, 5.41) is 3.35. The molecule has 1 aromatic rings. The summed E-state index contributed by atoms with van der Waals surface area (Å²) in [5.74, 6) is 1.58. The van der Waals surface area contributed by atoms with Crippen LogP contribution in [-0.2, 0) is 16.0 Å². The first kappa shape index (κ1) is 19.6. The number of carbonyl (C=O) groups excluding carboxylic acids is 1. The van der Waals surface area contributed by atoms with Gasteiger partial charge in [-0.3, -0.25) is 4.79 Å². The zero-order valence-corrected chi connectivity index (χ0v) is 15.9. The number of hydrogen-bond donors (Lipinski definition) is 1. The van der Waals surface area contributed by atoms with E-state index in [0.717, 1.165) is 31.5 Å². The van der Waals surface area contributed by atoms with Crippen molar-refractivity contribution in [1.29, 1.82) is 0 Å². The Bertz CT molecular complexity index is 565. The third kappa shape index (κ3) is 5.63. The molecule has 5 nitrogen and oxygen atoms in total. The number of rotatable bonds is 8. The zero-order chi connectivity index (χ0) is 18.3. The summed E-state index contributed by atoms with van der Waals surface area (Å²) >= 11 is 0. The molecular formula is C20H31NO4. The van der Waals surface area contributed by atoms with Crippen LogP contribution in [-0.4, -0.2) is 37.9 Å². The molecule has 0 spiro atoms. The third-order valence-electron chi connectivity index (χ3n) is 4.66. The van der Waals surface area contributed by atoms with Crippen LogP contribution in [0.2, 0.25) is 0 Å². The predicted molar refractivity (Wildman–Crippen MR) is 98.2 cm³/mol. The van der Waals surface area contributed by atoms with Gasteiger partial charge in [0.2, 0.25) is 0 Å². The molecule has 1 fully saturated rings. The van der Waals surface area contributed by atoms with Crippen LogP contribution >= 0.6 is 0 Å². The van der Waals surface area contributed by atoms with Crippen LogP contribution in [0.5, 0.6) is 11.5 Å². The van der Waals surface area contributed by atoms with E-state index in [9.17, 15) is 4.79 Å². The minimum absolute atomic E-state index is 0.199. The largest absolute Gasteiger partial charge is 0.490 e. The molecule has 0 radical (unpaired) electrons. The number of esters is 1. The quantitative estimate of drug-likeness (QED) is 0.730. The van der Waals surface area contributed by atoms with E-state index in [1.54, 1.807) is 0 Å². The summed E-state index contributed by atoms with van der Waals surface area (Å²) in [6.07, 6.45) is 2.32. The molecule has 0 aromatic heterocycles. The van der Waals surface area contributed by atoms with Crippen LogP contribution in [0, 0.1) is 5.92 Å². The Balaban J connectivity index is 2.00. The van der Waals surface area contributed by atoms with Gasteiger partial charge in [-0.1, -0.05) is 6.07 Å². The van der Waals surface area contributed by atoms with Crippen LogP contribution in [0.3, 0.4) is 0 Å². The van der Waals surface area contributed by atoms with E-state index in [-0.39, 0.29) is 12.4 Å². The third-order valence-corrected chi connectivity index (χ3v) is 4.66. The Morgan fingerprint density at radius 2 is 1.76 bits per heavy atom. The molecule has 0 aliphatic carbocycles. The first-order chi connectivity index (χ1) is 12.0. The van der Waals surface area contributed by atoms with Crippen molar-refractivity contribution in [1.82, 2.24) is 5.32 Å². The second-order valence-electron chi connectivity index (χ2n) is 6.93. The molecular weight excluding hydrogens is 318 g/mol. The lowest BCUT2D eigenvalue weighted by Crippen LogP contribution is -2.43. The summed E-state index contributed by atoms with van der Waals surface area (Å²) < 4.78 is 17.0. The molecule has 1 aliphatic rings. The average molecular weight is 349 g/mol.